The second-order valence-electron chi connectivity index (χ2n) is 10.3. The highest BCUT2D eigenvalue weighted by Crippen LogP contribution is 2.69. The van der Waals surface area contributed by atoms with E-state index in [0.29, 0.717) is 18.4 Å². The Labute approximate surface area is 187 Å². The van der Waals surface area contributed by atoms with Gasteiger partial charge in [0.1, 0.15) is 6.61 Å². The maximum atomic E-state index is 13.3. The molecule has 0 aromatic carbocycles. The summed E-state index contributed by atoms with van der Waals surface area (Å²) in [5, 5.41) is 21.5. The van der Waals surface area contributed by atoms with Crippen molar-refractivity contribution in [1.82, 2.24) is 0 Å². The summed E-state index contributed by atoms with van der Waals surface area (Å²) < 4.78 is 38.7. The van der Waals surface area contributed by atoms with Gasteiger partial charge >= 0.3 is 0 Å². The molecule has 6 heteroatoms. The molecule has 1 aliphatic heterocycles. The molecule has 9 atom stereocenters. The van der Waals surface area contributed by atoms with Crippen molar-refractivity contribution in [2.75, 3.05) is 6.61 Å². The normalized spacial score (nSPS) is 55.8. The lowest BCUT2D eigenvalue weighted by Crippen LogP contribution is -2.63. The van der Waals surface area contributed by atoms with Crippen LogP contribution in [0.15, 0.2) is 23.8 Å². The number of ketones is 2. The van der Waals surface area contributed by atoms with Gasteiger partial charge in [0.05, 0.1) is 13.6 Å². The van der Waals surface area contributed by atoms with Gasteiger partial charge in [-0.05, 0) is 56.0 Å². The topological polar surface area (TPSA) is 93.1 Å². The molecule has 3 saturated carbocycles. The summed E-state index contributed by atoms with van der Waals surface area (Å²) >= 11 is 0. The van der Waals surface area contributed by atoms with Gasteiger partial charge in [-0.25, -0.2) is 0 Å². The summed E-state index contributed by atoms with van der Waals surface area (Å²) in [5.74, 6) is -1.69. The number of hydrogen-bond donors (Lipinski definition) is 2. The fourth-order valence-corrected chi connectivity index (χ4v) is 7.57. The highest BCUT2D eigenvalue weighted by molar-refractivity contribution is 6.01. The van der Waals surface area contributed by atoms with E-state index in [1.54, 1.807) is 6.08 Å². The van der Waals surface area contributed by atoms with E-state index in [1.165, 1.54) is 12.2 Å². The summed E-state index contributed by atoms with van der Waals surface area (Å²) in [4.78, 5) is 25.5. The number of rotatable bonds is 4. The maximum absolute atomic E-state index is 13.3. The molecule has 31 heavy (non-hydrogen) atoms. The number of carbonyl (C=O) groups is 2. The standard InChI is InChI=1S/C25H34O6/c1-4-5-21-30-20-11-17-16-7-6-14-10-15(27)8-9-23(14,2)22(16)18(28)12-24(17,3)25(20,31-21)19(29)13-26/h8-10,16-18,20-22,26,28H,4-7,11-13H2,1-3H3/t16-,17-,18-,20+,21-,22+,23-,24-,25+/m0/s1/i6D2,21D. The number of aliphatic hydroxyl groups is 2. The highest BCUT2D eigenvalue weighted by atomic mass is 16.7. The number of aliphatic hydroxyl groups excluding tert-OH is 2. The molecule has 0 amide bonds. The Kier molecular flexibility index (Phi) is 4.14. The summed E-state index contributed by atoms with van der Waals surface area (Å²) in [6, 6.07) is 0. The molecule has 0 aromatic heterocycles. The molecule has 5 aliphatic rings. The molecule has 2 N–H and O–H groups in total. The number of allylic oxidation sites excluding steroid dienone is 4. The lowest BCUT2D eigenvalue weighted by molar-refractivity contribution is -0.200. The molecular formula is C25H34O6. The third-order valence-electron chi connectivity index (χ3n) is 8.86. The van der Waals surface area contributed by atoms with Gasteiger partial charge < -0.3 is 19.7 Å². The molecule has 4 fully saturated rings. The molecule has 0 radical (unpaired) electrons. The van der Waals surface area contributed by atoms with Gasteiger partial charge in [0.15, 0.2) is 23.4 Å². The molecule has 0 bridgehead atoms. The quantitative estimate of drug-likeness (QED) is 0.708. The predicted octanol–water partition coefficient (Wildman–Crippen LogP) is 2.72. The molecule has 0 unspecified atom stereocenters. The zero-order chi connectivity index (χ0) is 24.9. The van der Waals surface area contributed by atoms with Gasteiger partial charge in [-0.15, -0.1) is 0 Å². The van der Waals surface area contributed by atoms with Gasteiger partial charge in [-0.1, -0.05) is 38.8 Å². The van der Waals surface area contributed by atoms with E-state index in [2.05, 4.69) is 0 Å². The number of fused-ring (bicyclic) bond motifs is 7. The molecule has 0 aromatic rings. The van der Waals surface area contributed by atoms with Crippen LogP contribution in [-0.2, 0) is 19.1 Å². The molecular weight excluding hydrogens is 396 g/mol. The smallest absolute Gasteiger partial charge is 0.193 e. The van der Waals surface area contributed by atoms with E-state index in [1.807, 2.05) is 20.8 Å². The number of Topliss-reactive ketones (excluding diaryl/α,β-unsaturated/α-hetero) is 1. The van der Waals surface area contributed by atoms with E-state index < -0.39 is 53.7 Å². The Morgan fingerprint density at radius 3 is 2.90 bits per heavy atom. The summed E-state index contributed by atoms with van der Waals surface area (Å²) in [5.41, 5.74) is -2.96. The van der Waals surface area contributed by atoms with E-state index in [4.69, 9.17) is 13.6 Å². The second-order valence-corrected chi connectivity index (χ2v) is 10.3. The Balaban J connectivity index is 1.62. The number of ether oxygens (including phenoxy) is 2. The van der Waals surface area contributed by atoms with Crippen LogP contribution in [0.5, 0.6) is 0 Å². The number of carbonyl (C=O) groups excluding carboxylic acids is 2. The Morgan fingerprint density at radius 1 is 1.42 bits per heavy atom. The van der Waals surface area contributed by atoms with Crippen LogP contribution in [0.25, 0.3) is 0 Å². The third-order valence-corrected chi connectivity index (χ3v) is 8.86. The molecule has 4 aliphatic carbocycles. The van der Waals surface area contributed by atoms with E-state index in [9.17, 15) is 19.8 Å². The first-order valence-corrected chi connectivity index (χ1v) is 11.4. The van der Waals surface area contributed by atoms with E-state index in [0.717, 1.165) is 0 Å². The van der Waals surface area contributed by atoms with Crippen LogP contribution in [0.2, 0.25) is 0 Å². The monoisotopic (exact) mass is 433 g/mol. The zero-order valence-corrected chi connectivity index (χ0v) is 18.4. The van der Waals surface area contributed by atoms with E-state index in [-0.39, 0.29) is 42.8 Å². The van der Waals surface area contributed by atoms with Crippen LogP contribution in [0.3, 0.4) is 0 Å². The lowest BCUT2D eigenvalue weighted by atomic mass is 9.46. The summed E-state index contributed by atoms with van der Waals surface area (Å²) in [7, 11) is 0. The molecule has 6 nitrogen and oxygen atoms in total. The lowest BCUT2D eigenvalue weighted by Gasteiger charge is -2.59. The van der Waals surface area contributed by atoms with Gasteiger partial charge in [-0.2, -0.15) is 0 Å². The van der Waals surface area contributed by atoms with Crippen LogP contribution < -0.4 is 0 Å². The van der Waals surface area contributed by atoms with Gasteiger partial charge in [0.2, 0.25) is 0 Å². The Hall–Kier alpha value is -1.34. The highest BCUT2D eigenvalue weighted by Gasteiger charge is 2.75. The third kappa shape index (κ3) is 2.65. The SMILES string of the molecule is [2H]C1([2H])C[C@@H]2[C@H]([C@@H](O)C[C@@]3(C)[C@H]2C[C@H]2O[C@]([2H])(CCC)O[C@]23C(=O)CO)[C@@]2(C)C=CC(=O)C=C12. The minimum Gasteiger partial charge on any atom is -0.393 e. The largest absolute Gasteiger partial charge is 0.393 e. The number of hydrogen-bond acceptors (Lipinski definition) is 6. The van der Waals surface area contributed by atoms with Crippen LogP contribution in [0, 0.1) is 28.6 Å². The molecule has 1 heterocycles. The van der Waals surface area contributed by atoms with Crippen molar-refractivity contribution in [3.8, 4) is 0 Å². The van der Waals surface area contributed by atoms with Gasteiger partial charge in [-0.3, -0.25) is 9.59 Å². The van der Waals surface area contributed by atoms with Crippen molar-refractivity contribution < 1.29 is 33.4 Å². The maximum Gasteiger partial charge on any atom is 0.193 e. The first kappa shape index (κ1) is 18.1. The molecule has 5 rings (SSSR count). The van der Waals surface area contributed by atoms with Crippen LogP contribution >= 0.6 is 0 Å². The first-order chi connectivity index (χ1) is 15.8. The fraction of sp³-hybridized carbons (Fsp3) is 0.760. The first-order valence-electron chi connectivity index (χ1n) is 12.9. The van der Waals surface area contributed by atoms with Crippen molar-refractivity contribution in [3.63, 3.8) is 0 Å². The minimum atomic E-state index is -1.76. The second kappa shape index (κ2) is 7.08. The van der Waals surface area contributed by atoms with E-state index >= 15 is 0 Å². The Morgan fingerprint density at radius 2 is 2.19 bits per heavy atom. The average molecular weight is 434 g/mol. The Bertz CT molecular complexity index is 995. The molecule has 1 saturated heterocycles. The van der Waals surface area contributed by atoms with Gasteiger partial charge in [0.25, 0.3) is 0 Å². The molecule has 0 spiro atoms. The van der Waals surface area contributed by atoms with Gasteiger partial charge in [0, 0.05) is 19.5 Å². The summed E-state index contributed by atoms with van der Waals surface area (Å²) in [6.07, 6.45) is 1.03. The molecule has 170 valence electrons. The van der Waals surface area contributed by atoms with Crippen molar-refractivity contribution in [1.29, 1.82) is 0 Å². The van der Waals surface area contributed by atoms with Crippen LogP contribution in [-0.4, -0.2) is 52.5 Å². The predicted molar refractivity (Wildman–Crippen MR) is 113 cm³/mol. The minimum absolute atomic E-state index is 0.106. The average Bonchev–Trinajstić information content (AvgIpc) is 3.16. The fourth-order valence-electron chi connectivity index (χ4n) is 7.57. The zero-order valence-electron chi connectivity index (χ0n) is 21.4. The van der Waals surface area contributed by atoms with Crippen molar-refractivity contribution in [3.05, 3.63) is 23.8 Å². The van der Waals surface area contributed by atoms with Crippen LogP contribution in [0.4, 0.5) is 0 Å². The summed E-state index contributed by atoms with van der Waals surface area (Å²) in [6.45, 7) is 4.89. The van der Waals surface area contributed by atoms with Crippen LogP contribution in [0.1, 0.15) is 63.4 Å². The van der Waals surface area contributed by atoms with Crippen molar-refractivity contribution >= 4 is 11.6 Å². The van der Waals surface area contributed by atoms with Crippen molar-refractivity contribution in [2.24, 2.45) is 28.6 Å². The van der Waals surface area contributed by atoms with Crippen molar-refractivity contribution in [2.45, 2.75) is 83.3 Å².